The largest absolute Gasteiger partial charge is 0.384 e. The molecule has 1 unspecified atom stereocenters. The molecule has 0 aromatic heterocycles. The summed E-state index contributed by atoms with van der Waals surface area (Å²) in [5, 5.41) is 11.5. The van der Waals surface area contributed by atoms with Crippen molar-refractivity contribution in [3.63, 3.8) is 0 Å². The molecule has 1 N–H and O–H groups in total. The molecule has 0 amide bonds. The minimum absolute atomic E-state index is 0.618. The minimum atomic E-state index is -0.676. The third-order valence-electron chi connectivity index (χ3n) is 2.66. The molecule has 1 atom stereocenters. The Morgan fingerprint density at radius 3 is 2.35 bits per heavy atom. The predicted octanol–water partition coefficient (Wildman–Crippen LogP) is 4.38. The molecule has 0 fully saturated rings. The Balaban J connectivity index is 2.36. The summed E-state index contributed by atoms with van der Waals surface area (Å²) in [6, 6.07) is 12.7. The molecule has 0 bridgehead atoms. The number of rotatable bonds is 2. The zero-order valence-electron chi connectivity index (χ0n) is 9.32. The minimum Gasteiger partial charge on any atom is -0.384 e. The van der Waals surface area contributed by atoms with Crippen molar-refractivity contribution in [3.05, 3.63) is 69.2 Å². The Morgan fingerprint density at radius 1 is 1.00 bits per heavy atom. The van der Waals surface area contributed by atoms with Crippen LogP contribution >= 0.6 is 23.2 Å². The van der Waals surface area contributed by atoms with Gasteiger partial charge in [0.1, 0.15) is 6.10 Å². The second kappa shape index (κ2) is 5.09. The molecule has 3 heteroatoms. The monoisotopic (exact) mass is 266 g/mol. The molecule has 2 aromatic carbocycles. The van der Waals surface area contributed by atoms with Crippen molar-refractivity contribution in [2.24, 2.45) is 0 Å². The molecule has 0 aliphatic carbocycles. The van der Waals surface area contributed by atoms with Crippen molar-refractivity contribution in [2.75, 3.05) is 0 Å². The average molecular weight is 267 g/mol. The topological polar surface area (TPSA) is 20.2 Å². The lowest BCUT2D eigenvalue weighted by molar-refractivity contribution is 0.220. The van der Waals surface area contributed by atoms with E-state index in [4.69, 9.17) is 23.2 Å². The highest BCUT2D eigenvalue weighted by Gasteiger charge is 2.11. The first-order valence-corrected chi connectivity index (χ1v) is 6.03. The molecular formula is C14H12Cl2O. The van der Waals surface area contributed by atoms with Crippen molar-refractivity contribution in [2.45, 2.75) is 13.0 Å². The molecule has 0 aliphatic rings. The zero-order chi connectivity index (χ0) is 12.4. The van der Waals surface area contributed by atoms with Crippen LogP contribution in [0.15, 0.2) is 42.5 Å². The van der Waals surface area contributed by atoms with Gasteiger partial charge in [-0.3, -0.25) is 0 Å². The van der Waals surface area contributed by atoms with Crippen LogP contribution in [0.5, 0.6) is 0 Å². The SMILES string of the molecule is Cc1cc(C(O)c2cccc(Cl)c2)ccc1Cl. The maximum absolute atomic E-state index is 10.2. The summed E-state index contributed by atoms with van der Waals surface area (Å²) >= 11 is 11.9. The van der Waals surface area contributed by atoms with Gasteiger partial charge in [0.2, 0.25) is 0 Å². The van der Waals surface area contributed by atoms with Crippen molar-refractivity contribution in [3.8, 4) is 0 Å². The van der Waals surface area contributed by atoms with Crippen LogP contribution in [0.2, 0.25) is 10.0 Å². The van der Waals surface area contributed by atoms with Crippen molar-refractivity contribution in [1.29, 1.82) is 0 Å². The van der Waals surface area contributed by atoms with E-state index in [0.717, 1.165) is 16.7 Å². The molecule has 0 heterocycles. The van der Waals surface area contributed by atoms with Crippen LogP contribution in [0, 0.1) is 6.92 Å². The molecule has 0 saturated carbocycles. The molecule has 17 heavy (non-hydrogen) atoms. The number of aliphatic hydroxyl groups is 1. The second-order valence-corrected chi connectivity index (χ2v) is 4.81. The van der Waals surface area contributed by atoms with Crippen molar-refractivity contribution >= 4 is 23.2 Å². The second-order valence-electron chi connectivity index (χ2n) is 3.97. The lowest BCUT2D eigenvalue weighted by atomic mass is 10.0. The third-order valence-corrected chi connectivity index (χ3v) is 3.32. The van der Waals surface area contributed by atoms with Gasteiger partial charge >= 0.3 is 0 Å². The van der Waals surface area contributed by atoms with E-state index in [1.54, 1.807) is 18.2 Å². The van der Waals surface area contributed by atoms with Gasteiger partial charge in [0, 0.05) is 10.0 Å². The van der Waals surface area contributed by atoms with Gasteiger partial charge in [-0.15, -0.1) is 0 Å². The summed E-state index contributed by atoms with van der Waals surface area (Å²) in [6.07, 6.45) is -0.676. The molecule has 88 valence electrons. The van der Waals surface area contributed by atoms with E-state index < -0.39 is 6.10 Å². The van der Waals surface area contributed by atoms with Gasteiger partial charge in [0.25, 0.3) is 0 Å². The number of hydrogen-bond acceptors (Lipinski definition) is 1. The van der Waals surface area contributed by atoms with E-state index in [2.05, 4.69) is 0 Å². The van der Waals surface area contributed by atoms with E-state index in [1.807, 2.05) is 31.2 Å². The van der Waals surface area contributed by atoms with Crippen LogP contribution in [0.3, 0.4) is 0 Å². The van der Waals surface area contributed by atoms with E-state index in [1.165, 1.54) is 0 Å². The number of hydrogen-bond donors (Lipinski definition) is 1. The molecule has 2 aromatic rings. The first-order chi connectivity index (χ1) is 8.08. The van der Waals surface area contributed by atoms with Gasteiger partial charge in [-0.1, -0.05) is 47.5 Å². The highest BCUT2D eigenvalue weighted by Crippen LogP contribution is 2.26. The lowest BCUT2D eigenvalue weighted by Gasteiger charge is -2.13. The summed E-state index contributed by atoms with van der Waals surface area (Å²) < 4.78 is 0. The molecule has 2 rings (SSSR count). The zero-order valence-corrected chi connectivity index (χ0v) is 10.8. The number of aliphatic hydroxyl groups excluding tert-OH is 1. The van der Waals surface area contributed by atoms with Gasteiger partial charge < -0.3 is 5.11 Å². The first-order valence-electron chi connectivity index (χ1n) is 5.27. The summed E-state index contributed by atoms with van der Waals surface area (Å²) in [6.45, 7) is 1.91. The van der Waals surface area contributed by atoms with Gasteiger partial charge in [-0.2, -0.15) is 0 Å². The fourth-order valence-corrected chi connectivity index (χ4v) is 2.02. The van der Waals surface area contributed by atoms with Gasteiger partial charge in [0.05, 0.1) is 0 Å². The fourth-order valence-electron chi connectivity index (χ4n) is 1.71. The maximum atomic E-state index is 10.2. The summed E-state index contributed by atoms with van der Waals surface area (Å²) in [4.78, 5) is 0. The number of benzene rings is 2. The number of halogens is 2. The van der Waals surface area contributed by atoms with Gasteiger partial charge in [-0.05, 0) is 41.8 Å². The van der Waals surface area contributed by atoms with E-state index >= 15 is 0 Å². The Labute approximate surface area is 111 Å². The van der Waals surface area contributed by atoms with E-state index in [0.29, 0.717) is 10.0 Å². The van der Waals surface area contributed by atoms with Crippen LogP contribution in [-0.2, 0) is 0 Å². The smallest absolute Gasteiger partial charge is 0.104 e. The Kier molecular flexibility index (Phi) is 3.72. The van der Waals surface area contributed by atoms with Gasteiger partial charge in [-0.25, -0.2) is 0 Å². The molecule has 0 saturated heterocycles. The quantitative estimate of drug-likeness (QED) is 0.855. The van der Waals surface area contributed by atoms with E-state index in [-0.39, 0.29) is 0 Å². The summed E-state index contributed by atoms with van der Waals surface area (Å²) in [5.74, 6) is 0. The maximum Gasteiger partial charge on any atom is 0.104 e. The molecule has 1 nitrogen and oxygen atoms in total. The Morgan fingerprint density at radius 2 is 1.71 bits per heavy atom. The van der Waals surface area contributed by atoms with Crippen LogP contribution in [-0.4, -0.2) is 5.11 Å². The van der Waals surface area contributed by atoms with Crippen molar-refractivity contribution in [1.82, 2.24) is 0 Å². The average Bonchev–Trinajstić information content (AvgIpc) is 2.32. The third kappa shape index (κ3) is 2.81. The Hall–Kier alpha value is -1.02. The molecule has 0 aliphatic heterocycles. The predicted molar refractivity (Wildman–Crippen MR) is 71.7 cm³/mol. The van der Waals surface area contributed by atoms with E-state index in [9.17, 15) is 5.11 Å². The fraction of sp³-hybridized carbons (Fsp3) is 0.143. The van der Waals surface area contributed by atoms with Crippen LogP contribution in [0.1, 0.15) is 22.8 Å². The van der Waals surface area contributed by atoms with Crippen LogP contribution in [0.4, 0.5) is 0 Å². The van der Waals surface area contributed by atoms with Gasteiger partial charge in [0.15, 0.2) is 0 Å². The first kappa shape index (κ1) is 12.4. The normalized spacial score (nSPS) is 12.5. The van der Waals surface area contributed by atoms with Crippen molar-refractivity contribution < 1.29 is 5.11 Å². The number of aryl methyl sites for hydroxylation is 1. The molecule has 0 radical (unpaired) electrons. The summed E-state index contributed by atoms with van der Waals surface area (Å²) in [7, 11) is 0. The highest BCUT2D eigenvalue weighted by atomic mass is 35.5. The Bertz CT molecular complexity index is 537. The highest BCUT2D eigenvalue weighted by molar-refractivity contribution is 6.31. The van der Waals surface area contributed by atoms with Crippen LogP contribution in [0.25, 0.3) is 0 Å². The standard InChI is InChI=1S/C14H12Cl2O/c1-9-7-11(5-6-13(9)16)14(17)10-3-2-4-12(15)8-10/h2-8,14,17H,1H3. The van der Waals surface area contributed by atoms with Crippen LogP contribution < -0.4 is 0 Å². The molecular weight excluding hydrogens is 255 g/mol. The molecule has 0 spiro atoms. The lowest BCUT2D eigenvalue weighted by Crippen LogP contribution is -1.99. The summed E-state index contributed by atoms with van der Waals surface area (Å²) in [5.41, 5.74) is 2.54.